The zero-order chi connectivity index (χ0) is 20.1. The van der Waals surface area contributed by atoms with Gasteiger partial charge in [-0.25, -0.2) is 9.97 Å². The van der Waals surface area contributed by atoms with Crippen molar-refractivity contribution >= 4 is 11.8 Å². The van der Waals surface area contributed by atoms with Crippen molar-refractivity contribution in [1.82, 2.24) is 25.6 Å². The van der Waals surface area contributed by atoms with E-state index in [4.69, 9.17) is 0 Å². The molecule has 0 aliphatic heterocycles. The average molecular weight is 396 g/mol. The zero-order valence-corrected chi connectivity index (χ0v) is 16.5. The van der Waals surface area contributed by atoms with Gasteiger partial charge >= 0.3 is 0 Å². The quantitative estimate of drug-likeness (QED) is 0.830. The molecule has 4 bridgehead atoms. The van der Waals surface area contributed by atoms with Crippen LogP contribution in [0.2, 0.25) is 0 Å². The molecule has 2 unspecified atom stereocenters. The second-order valence-electron chi connectivity index (χ2n) is 9.18. The lowest BCUT2D eigenvalue weighted by molar-refractivity contribution is -0.0449. The third kappa shape index (κ3) is 3.39. The van der Waals surface area contributed by atoms with E-state index < -0.39 is 0 Å². The predicted octanol–water partition coefficient (Wildman–Crippen LogP) is 2.92. The summed E-state index contributed by atoms with van der Waals surface area (Å²) < 4.78 is 0. The fourth-order valence-electron chi connectivity index (χ4n) is 6.25. The number of rotatable bonds is 4. The van der Waals surface area contributed by atoms with Crippen molar-refractivity contribution in [2.24, 2.45) is 11.8 Å². The standard InChI is InChI=1S/C22H25N5O2.2H2/c1-14-3-2-4-17(25-14)19(28)26-21-8-15-7-16(9-21)11-22(10-15,13-21)27-20(29)18-12-23-5-6-24-18;;/h2-6,12,15-16H,7-11,13H2,1H3,(H,26,28)(H,27,29);2*1H. The number of carbonyl (C=O) groups excluding carboxylic acids is 2. The maximum Gasteiger partial charge on any atom is 0.271 e. The smallest absolute Gasteiger partial charge is 0.271 e. The van der Waals surface area contributed by atoms with Crippen molar-refractivity contribution in [3.63, 3.8) is 0 Å². The molecule has 4 saturated carbocycles. The first kappa shape index (κ1) is 18.2. The van der Waals surface area contributed by atoms with Gasteiger partial charge < -0.3 is 10.6 Å². The minimum Gasteiger partial charge on any atom is -0.345 e. The summed E-state index contributed by atoms with van der Waals surface area (Å²) in [6.07, 6.45) is 10.4. The van der Waals surface area contributed by atoms with Crippen LogP contribution in [0.4, 0.5) is 0 Å². The van der Waals surface area contributed by atoms with Gasteiger partial charge in [-0.05, 0) is 69.4 Å². The van der Waals surface area contributed by atoms with Crippen LogP contribution in [0, 0.1) is 18.8 Å². The van der Waals surface area contributed by atoms with E-state index >= 15 is 0 Å². The van der Waals surface area contributed by atoms with E-state index in [-0.39, 0.29) is 25.7 Å². The monoisotopic (exact) mass is 395 g/mol. The second kappa shape index (κ2) is 6.61. The largest absolute Gasteiger partial charge is 0.345 e. The van der Waals surface area contributed by atoms with Crippen LogP contribution < -0.4 is 10.6 Å². The number of aryl methyl sites for hydroxylation is 1. The van der Waals surface area contributed by atoms with Gasteiger partial charge in [-0.3, -0.25) is 14.6 Å². The lowest BCUT2D eigenvalue weighted by Crippen LogP contribution is -2.70. The van der Waals surface area contributed by atoms with E-state index in [1.165, 1.54) is 18.8 Å². The molecule has 0 aromatic carbocycles. The van der Waals surface area contributed by atoms with Gasteiger partial charge in [0.25, 0.3) is 11.8 Å². The highest BCUT2D eigenvalue weighted by atomic mass is 16.2. The molecule has 6 rings (SSSR count). The summed E-state index contributed by atoms with van der Waals surface area (Å²) in [6, 6.07) is 5.51. The Kier molecular flexibility index (Phi) is 4.15. The minimum atomic E-state index is -0.286. The maximum absolute atomic E-state index is 13.0. The Hall–Kier alpha value is -2.83. The number of hydrogen-bond acceptors (Lipinski definition) is 5. The summed E-state index contributed by atoms with van der Waals surface area (Å²) in [4.78, 5) is 38.3. The molecule has 0 radical (unpaired) electrons. The number of carbonyl (C=O) groups is 2. The molecule has 7 heteroatoms. The van der Waals surface area contributed by atoms with E-state index in [0.717, 1.165) is 37.8 Å². The van der Waals surface area contributed by atoms with E-state index in [2.05, 4.69) is 25.6 Å². The third-order valence-electron chi connectivity index (χ3n) is 6.74. The number of nitrogens with zero attached hydrogens (tertiary/aromatic N) is 3. The van der Waals surface area contributed by atoms with Crippen molar-refractivity contribution in [1.29, 1.82) is 0 Å². The molecule has 0 spiro atoms. The molecule has 2 amide bonds. The molecule has 2 heterocycles. The topological polar surface area (TPSA) is 96.9 Å². The number of hydrogen-bond donors (Lipinski definition) is 2. The first-order chi connectivity index (χ1) is 13.9. The molecule has 2 atom stereocenters. The van der Waals surface area contributed by atoms with Crippen LogP contribution in [0.3, 0.4) is 0 Å². The first-order valence-corrected chi connectivity index (χ1v) is 10.3. The summed E-state index contributed by atoms with van der Waals surface area (Å²) >= 11 is 0. The molecule has 29 heavy (non-hydrogen) atoms. The molecular formula is C22H29N5O2. The highest BCUT2D eigenvalue weighted by Gasteiger charge is 2.58. The molecule has 2 aromatic rings. The van der Waals surface area contributed by atoms with Gasteiger partial charge in [-0.1, -0.05) is 6.07 Å². The Labute approximate surface area is 172 Å². The van der Waals surface area contributed by atoms with Crippen molar-refractivity contribution in [3.8, 4) is 0 Å². The molecule has 4 aliphatic rings. The van der Waals surface area contributed by atoms with Gasteiger partial charge in [0.2, 0.25) is 0 Å². The molecule has 4 aliphatic carbocycles. The van der Waals surface area contributed by atoms with Gasteiger partial charge in [0.05, 0.1) is 6.20 Å². The van der Waals surface area contributed by atoms with Crippen LogP contribution in [0.5, 0.6) is 0 Å². The molecule has 2 aromatic heterocycles. The van der Waals surface area contributed by atoms with E-state index in [1.54, 1.807) is 12.3 Å². The highest BCUT2D eigenvalue weighted by molar-refractivity contribution is 5.93. The molecule has 2 N–H and O–H groups in total. The summed E-state index contributed by atoms with van der Waals surface area (Å²) in [5.74, 6) is 0.737. The van der Waals surface area contributed by atoms with Crippen molar-refractivity contribution in [2.75, 3.05) is 0 Å². The number of pyridine rings is 1. The summed E-state index contributed by atoms with van der Waals surface area (Å²) in [5.41, 5.74) is 1.06. The molecular weight excluding hydrogens is 366 g/mol. The Morgan fingerprint density at radius 3 is 2.24 bits per heavy atom. The SMILES string of the molecule is Cc1cccc(C(=O)NC23CC4CC(CC(NC(=O)c5cnccn5)(C4)C2)C3)n1.[HH].[HH]. The number of amides is 2. The summed E-state index contributed by atoms with van der Waals surface area (Å²) in [7, 11) is 0. The first-order valence-electron chi connectivity index (χ1n) is 10.3. The number of nitrogens with one attached hydrogen (secondary N) is 2. The maximum atomic E-state index is 13.0. The van der Waals surface area contributed by atoms with E-state index in [9.17, 15) is 9.59 Å². The Balaban J connectivity index is 0.00000136. The predicted molar refractivity (Wildman–Crippen MR) is 110 cm³/mol. The van der Waals surface area contributed by atoms with Crippen LogP contribution in [0.1, 0.15) is 68.0 Å². The zero-order valence-electron chi connectivity index (χ0n) is 16.5. The van der Waals surface area contributed by atoms with Crippen LogP contribution in [0.25, 0.3) is 0 Å². The van der Waals surface area contributed by atoms with Crippen LogP contribution in [0.15, 0.2) is 36.8 Å². The lowest BCUT2D eigenvalue weighted by Gasteiger charge is -2.62. The molecule has 7 nitrogen and oxygen atoms in total. The third-order valence-corrected chi connectivity index (χ3v) is 6.74. The molecule has 4 fully saturated rings. The van der Waals surface area contributed by atoms with Gasteiger partial charge in [0, 0.05) is 32.0 Å². The van der Waals surface area contributed by atoms with Crippen LogP contribution in [-0.4, -0.2) is 37.8 Å². The van der Waals surface area contributed by atoms with E-state index in [1.807, 2.05) is 19.1 Å². The molecule has 0 saturated heterocycles. The Morgan fingerprint density at radius 2 is 1.66 bits per heavy atom. The van der Waals surface area contributed by atoms with Crippen molar-refractivity contribution in [3.05, 3.63) is 53.9 Å². The average Bonchev–Trinajstić information content (AvgIpc) is 2.67. The van der Waals surface area contributed by atoms with Gasteiger partial charge in [-0.15, -0.1) is 0 Å². The van der Waals surface area contributed by atoms with Gasteiger partial charge in [0.15, 0.2) is 0 Å². The highest BCUT2D eigenvalue weighted by Crippen LogP contribution is 2.57. The van der Waals surface area contributed by atoms with Gasteiger partial charge in [0.1, 0.15) is 11.4 Å². The molecule has 154 valence electrons. The summed E-state index contributed by atoms with van der Waals surface area (Å²) in [6.45, 7) is 1.89. The minimum absolute atomic E-state index is 0. The van der Waals surface area contributed by atoms with Gasteiger partial charge in [-0.2, -0.15) is 0 Å². The number of aromatic nitrogens is 3. The van der Waals surface area contributed by atoms with Crippen LogP contribution >= 0.6 is 0 Å². The Morgan fingerprint density at radius 1 is 1.00 bits per heavy atom. The van der Waals surface area contributed by atoms with E-state index in [0.29, 0.717) is 23.2 Å². The van der Waals surface area contributed by atoms with Crippen molar-refractivity contribution < 1.29 is 12.4 Å². The second-order valence-corrected chi connectivity index (χ2v) is 9.18. The summed E-state index contributed by atoms with van der Waals surface area (Å²) in [5, 5.41) is 6.60. The van der Waals surface area contributed by atoms with Crippen molar-refractivity contribution in [2.45, 2.75) is 56.5 Å². The fraction of sp³-hybridized carbons (Fsp3) is 0.500. The van der Waals surface area contributed by atoms with Crippen LogP contribution in [-0.2, 0) is 0 Å². The normalized spacial score (nSPS) is 32.0. The lowest BCUT2D eigenvalue weighted by atomic mass is 9.49. The Bertz CT molecular complexity index is 957. The fourth-order valence-corrected chi connectivity index (χ4v) is 6.25.